The summed E-state index contributed by atoms with van der Waals surface area (Å²) < 4.78 is 37.5. The van der Waals surface area contributed by atoms with Crippen molar-refractivity contribution in [1.29, 1.82) is 0 Å². The Morgan fingerprint density at radius 2 is 2.05 bits per heavy atom. The molecule has 1 amide bonds. The lowest BCUT2D eigenvalue weighted by Gasteiger charge is -2.25. The van der Waals surface area contributed by atoms with E-state index in [0.717, 1.165) is 4.90 Å². The Kier molecular flexibility index (Phi) is 4.57. The van der Waals surface area contributed by atoms with Gasteiger partial charge < -0.3 is 16.4 Å². The number of carbonyl (C=O) groups excluding carboxylic acids is 1. The number of pyridine rings is 1. The van der Waals surface area contributed by atoms with Crippen LogP contribution in [0.15, 0.2) is 12.1 Å². The maximum absolute atomic E-state index is 12.5. The first-order chi connectivity index (χ1) is 8.74. The lowest BCUT2D eigenvalue weighted by atomic mass is 10.2. The van der Waals surface area contributed by atoms with Crippen molar-refractivity contribution >= 4 is 17.4 Å². The second kappa shape index (κ2) is 5.77. The van der Waals surface area contributed by atoms with Crippen LogP contribution in [-0.2, 0) is 0 Å². The molecular weight excluding hydrogens is 261 g/mol. The fourth-order valence-corrected chi connectivity index (χ4v) is 1.60. The Bertz CT molecular complexity index is 462. The van der Waals surface area contributed by atoms with E-state index in [1.165, 1.54) is 12.1 Å². The number of carbonyl (C=O) groups is 1. The van der Waals surface area contributed by atoms with Crippen LogP contribution in [0.4, 0.5) is 24.7 Å². The largest absolute Gasteiger partial charge is 0.405 e. The first kappa shape index (κ1) is 15.1. The van der Waals surface area contributed by atoms with Gasteiger partial charge in [0, 0.05) is 6.54 Å². The lowest BCUT2D eigenvalue weighted by Crippen LogP contribution is -2.36. The zero-order valence-electron chi connectivity index (χ0n) is 10.4. The zero-order valence-corrected chi connectivity index (χ0v) is 10.4. The minimum absolute atomic E-state index is 0.0719. The highest BCUT2D eigenvalue weighted by atomic mass is 19.4. The van der Waals surface area contributed by atoms with E-state index in [0.29, 0.717) is 6.42 Å². The number of primary amides is 1. The molecule has 0 saturated heterocycles. The Hall–Kier alpha value is -1.99. The van der Waals surface area contributed by atoms with E-state index in [4.69, 9.17) is 11.5 Å². The van der Waals surface area contributed by atoms with Crippen LogP contribution in [0.5, 0.6) is 0 Å². The highest BCUT2D eigenvalue weighted by Gasteiger charge is 2.32. The number of nitrogens with two attached hydrogens (primary N) is 2. The monoisotopic (exact) mass is 276 g/mol. The summed E-state index contributed by atoms with van der Waals surface area (Å²) in [4.78, 5) is 15.8. The van der Waals surface area contributed by atoms with E-state index in [2.05, 4.69) is 4.98 Å². The van der Waals surface area contributed by atoms with Crippen LogP contribution in [0.1, 0.15) is 23.8 Å². The predicted octanol–water partition coefficient (Wildman–Crippen LogP) is 1.54. The van der Waals surface area contributed by atoms with Crippen LogP contribution in [0.2, 0.25) is 0 Å². The Morgan fingerprint density at radius 1 is 1.42 bits per heavy atom. The number of halogens is 3. The first-order valence-corrected chi connectivity index (χ1v) is 5.62. The van der Waals surface area contributed by atoms with Gasteiger partial charge in [0.25, 0.3) is 5.91 Å². The second-order valence-corrected chi connectivity index (χ2v) is 4.01. The third-order valence-electron chi connectivity index (χ3n) is 2.32. The molecule has 0 radical (unpaired) electrons. The molecule has 19 heavy (non-hydrogen) atoms. The van der Waals surface area contributed by atoms with Gasteiger partial charge in [-0.25, -0.2) is 4.98 Å². The quantitative estimate of drug-likeness (QED) is 0.854. The van der Waals surface area contributed by atoms with Gasteiger partial charge in [0.05, 0.1) is 5.69 Å². The fraction of sp³-hybridized carbons (Fsp3) is 0.455. The Balaban J connectivity index is 3.13. The summed E-state index contributed by atoms with van der Waals surface area (Å²) in [5, 5.41) is 0. The molecular formula is C11H15F3N4O. The number of hydrogen-bond donors (Lipinski definition) is 2. The van der Waals surface area contributed by atoms with E-state index in [9.17, 15) is 18.0 Å². The number of nitrogen functional groups attached to an aromatic ring is 1. The first-order valence-electron chi connectivity index (χ1n) is 5.62. The molecule has 0 fully saturated rings. The average Bonchev–Trinajstić information content (AvgIpc) is 2.27. The van der Waals surface area contributed by atoms with Gasteiger partial charge in [0.2, 0.25) is 0 Å². The zero-order chi connectivity index (χ0) is 14.6. The molecule has 1 aromatic heterocycles. The molecule has 106 valence electrons. The topological polar surface area (TPSA) is 85.2 Å². The van der Waals surface area contributed by atoms with Crippen LogP contribution in [0.25, 0.3) is 0 Å². The molecule has 0 unspecified atom stereocenters. The van der Waals surface area contributed by atoms with Crippen molar-refractivity contribution in [2.45, 2.75) is 19.5 Å². The minimum Gasteiger partial charge on any atom is -0.396 e. The third kappa shape index (κ3) is 4.31. The van der Waals surface area contributed by atoms with Gasteiger partial charge in [-0.2, -0.15) is 13.2 Å². The molecule has 0 atom stereocenters. The van der Waals surface area contributed by atoms with Crippen molar-refractivity contribution in [3.8, 4) is 0 Å². The maximum Gasteiger partial charge on any atom is 0.405 e. The van der Waals surface area contributed by atoms with Gasteiger partial charge >= 0.3 is 6.18 Å². The Labute approximate surface area is 108 Å². The third-order valence-corrected chi connectivity index (χ3v) is 2.32. The molecule has 0 bridgehead atoms. The smallest absolute Gasteiger partial charge is 0.396 e. The minimum atomic E-state index is -4.38. The molecule has 4 N–H and O–H groups in total. The number of nitrogens with zero attached hydrogens (tertiary/aromatic N) is 2. The Morgan fingerprint density at radius 3 is 2.53 bits per heavy atom. The summed E-state index contributed by atoms with van der Waals surface area (Å²) in [5.41, 5.74) is 10.6. The van der Waals surface area contributed by atoms with Crippen molar-refractivity contribution in [3.63, 3.8) is 0 Å². The molecule has 1 heterocycles. The van der Waals surface area contributed by atoms with Crippen molar-refractivity contribution < 1.29 is 18.0 Å². The van der Waals surface area contributed by atoms with Crippen LogP contribution >= 0.6 is 0 Å². The summed E-state index contributed by atoms with van der Waals surface area (Å²) in [6.07, 6.45) is -3.90. The van der Waals surface area contributed by atoms with E-state index in [1.54, 1.807) is 6.92 Å². The molecule has 1 rings (SSSR count). The molecule has 0 aromatic carbocycles. The number of aromatic nitrogens is 1. The van der Waals surface area contributed by atoms with Crippen LogP contribution in [0, 0.1) is 0 Å². The predicted molar refractivity (Wildman–Crippen MR) is 65.7 cm³/mol. The van der Waals surface area contributed by atoms with Crippen LogP contribution in [0.3, 0.4) is 0 Å². The van der Waals surface area contributed by atoms with E-state index >= 15 is 0 Å². The van der Waals surface area contributed by atoms with Gasteiger partial charge in [-0.3, -0.25) is 4.79 Å². The molecule has 0 aliphatic heterocycles. The van der Waals surface area contributed by atoms with Crippen LogP contribution < -0.4 is 16.4 Å². The molecule has 8 heteroatoms. The van der Waals surface area contributed by atoms with Crippen molar-refractivity contribution in [1.82, 2.24) is 4.98 Å². The number of hydrogen-bond acceptors (Lipinski definition) is 4. The van der Waals surface area contributed by atoms with E-state index in [-0.39, 0.29) is 23.7 Å². The summed E-state index contributed by atoms with van der Waals surface area (Å²) in [6, 6.07) is 2.60. The summed E-state index contributed by atoms with van der Waals surface area (Å²) >= 11 is 0. The summed E-state index contributed by atoms with van der Waals surface area (Å²) in [6.45, 7) is 0.677. The highest BCUT2D eigenvalue weighted by molar-refractivity contribution is 5.91. The number of amides is 1. The van der Waals surface area contributed by atoms with Gasteiger partial charge in [-0.15, -0.1) is 0 Å². The summed E-state index contributed by atoms with van der Waals surface area (Å²) in [7, 11) is 0. The van der Waals surface area contributed by atoms with E-state index in [1.807, 2.05) is 0 Å². The fourth-order valence-electron chi connectivity index (χ4n) is 1.60. The molecule has 0 aliphatic carbocycles. The normalized spacial score (nSPS) is 11.4. The van der Waals surface area contributed by atoms with Crippen molar-refractivity contribution in [2.24, 2.45) is 5.73 Å². The number of anilines is 2. The maximum atomic E-state index is 12.5. The number of alkyl halides is 3. The van der Waals surface area contributed by atoms with Gasteiger partial charge in [-0.1, -0.05) is 6.92 Å². The molecule has 5 nitrogen and oxygen atoms in total. The van der Waals surface area contributed by atoms with Gasteiger partial charge in [0.1, 0.15) is 12.2 Å². The molecule has 0 aliphatic rings. The van der Waals surface area contributed by atoms with Gasteiger partial charge in [0.15, 0.2) is 5.82 Å². The summed E-state index contributed by atoms with van der Waals surface area (Å²) in [5.74, 6) is -0.889. The number of rotatable bonds is 5. The SMILES string of the molecule is CCCN(CC(F)(F)F)c1nc(C(N)=O)ccc1N. The standard InChI is InChI=1S/C11H15F3N4O/c1-2-5-18(6-11(12,13)14)10-7(15)3-4-8(17-10)9(16)19/h3-4H,2,5-6,15H2,1H3,(H2,16,19). The van der Waals surface area contributed by atoms with Crippen molar-refractivity contribution in [3.05, 3.63) is 17.8 Å². The molecule has 1 aromatic rings. The van der Waals surface area contributed by atoms with E-state index < -0.39 is 18.6 Å². The lowest BCUT2D eigenvalue weighted by molar-refractivity contribution is -0.119. The molecule has 0 saturated carbocycles. The second-order valence-electron chi connectivity index (χ2n) is 4.01. The average molecular weight is 276 g/mol. The van der Waals surface area contributed by atoms with Gasteiger partial charge in [-0.05, 0) is 18.6 Å². The van der Waals surface area contributed by atoms with Crippen LogP contribution in [-0.4, -0.2) is 30.2 Å². The van der Waals surface area contributed by atoms with Crippen molar-refractivity contribution in [2.75, 3.05) is 23.7 Å². The highest BCUT2D eigenvalue weighted by Crippen LogP contribution is 2.25. The molecule has 0 spiro atoms.